The van der Waals surface area contributed by atoms with E-state index in [-0.39, 0.29) is 42.3 Å². The zero-order valence-corrected chi connectivity index (χ0v) is 20.0. The number of carbonyl (C=O) groups excluding carboxylic acids is 1. The van der Waals surface area contributed by atoms with Crippen molar-refractivity contribution < 1.29 is 35.5 Å². The molecule has 2 aromatic carbocycles. The fourth-order valence-electron chi connectivity index (χ4n) is 4.16. The Morgan fingerprint density at radius 3 is 2.29 bits per heavy atom. The minimum absolute atomic E-state index is 0.00213. The van der Waals surface area contributed by atoms with Crippen LogP contribution in [-0.2, 0) is 16.0 Å². The fraction of sp³-hybridized carbons (Fsp3) is 0.458. The van der Waals surface area contributed by atoms with Crippen LogP contribution in [0.15, 0.2) is 41.3 Å². The molecule has 2 aliphatic rings. The Bertz CT molecular complexity index is 1200. The van der Waals surface area contributed by atoms with Crippen molar-refractivity contribution in [1.82, 2.24) is 4.90 Å². The number of nitrogens with zero attached hydrogens (tertiary/aromatic N) is 2. The van der Waals surface area contributed by atoms with E-state index in [0.717, 1.165) is 37.7 Å². The maximum Gasteiger partial charge on any atom is 0.416 e. The van der Waals surface area contributed by atoms with Crippen LogP contribution in [0.3, 0.4) is 0 Å². The number of amides is 1. The summed E-state index contributed by atoms with van der Waals surface area (Å²) in [5.41, 5.74) is -0.886. The SMILES string of the molecule is CS(=O)(=O)c1ccc(OCC2CCC2)c(C(=O)N2CCN(c3ccc(C(F)(F)F)cc3F)CC2)c1. The summed E-state index contributed by atoms with van der Waals surface area (Å²) >= 11 is 0. The largest absolute Gasteiger partial charge is 0.492 e. The molecule has 4 rings (SSSR count). The first-order chi connectivity index (χ1) is 16.4. The van der Waals surface area contributed by atoms with Crippen molar-refractivity contribution in [3.05, 3.63) is 53.3 Å². The minimum Gasteiger partial charge on any atom is -0.492 e. The number of piperazine rings is 1. The van der Waals surface area contributed by atoms with Crippen molar-refractivity contribution in [2.75, 3.05) is 43.9 Å². The molecule has 0 atom stereocenters. The van der Waals surface area contributed by atoms with Crippen LogP contribution in [0.2, 0.25) is 0 Å². The van der Waals surface area contributed by atoms with Crippen LogP contribution in [0.4, 0.5) is 23.2 Å². The molecule has 1 aliphatic heterocycles. The average Bonchev–Trinajstić information content (AvgIpc) is 2.76. The third-order valence-corrected chi connectivity index (χ3v) is 7.60. The van der Waals surface area contributed by atoms with Gasteiger partial charge in [-0.3, -0.25) is 4.79 Å². The predicted octanol–water partition coefficient (Wildman–Crippen LogP) is 4.39. The highest BCUT2D eigenvalue weighted by atomic mass is 32.2. The van der Waals surface area contributed by atoms with E-state index in [4.69, 9.17) is 4.74 Å². The maximum absolute atomic E-state index is 14.4. The van der Waals surface area contributed by atoms with E-state index in [2.05, 4.69) is 0 Å². The van der Waals surface area contributed by atoms with Crippen molar-refractivity contribution in [3.63, 3.8) is 0 Å². The minimum atomic E-state index is -4.64. The number of anilines is 1. The number of rotatable bonds is 6. The van der Waals surface area contributed by atoms with Gasteiger partial charge in [0.15, 0.2) is 9.84 Å². The number of benzene rings is 2. The Labute approximate surface area is 201 Å². The molecule has 1 amide bonds. The Balaban J connectivity index is 1.49. The first kappa shape index (κ1) is 25.3. The molecule has 0 spiro atoms. The summed E-state index contributed by atoms with van der Waals surface area (Å²) in [4.78, 5) is 16.4. The molecule has 11 heteroatoms. The molecular formula is C24H26F4N2O4S. The predicted molar refractivity (Wildman–Crippen MR) is 122 cm³/mol. The third-order valence-electron chi connectivity index (χ3n) is 6.49. The highest BCUT2D eigenvalue weighted by Gasteiger charge is 2.32. The van der Waals surface area contributed by atoms with Gasteiger partial charge in [-0.15, -0.1) is 0 Å². The molecule has 0 aromatic heterocycles. The van der Waals surface area contributed by atoms with Crippen molar-refractivity contribution in [2.24, 2.45) is 5.92 Å². The zero-order chi connectivity index (χ0) is 25.4. The van der Waals surface area contributed by atoms with E-state index in [1.54, 1.807) is 4.90 Å². The van der Waals surface area contributed by atoms with E-state index >= 15 is 0 Å². The Morgan fingerprint density at radius 2 is 1.74 bits per heavy atom. The summed E-state index contributed by atoms with van der Waals surface area (Å²) in [6.45, 7) is 1.23. The fourth-order valence-corrected chi connectivity index (χ4v) is 4.81. The van der Waals surface area contributed by atoms with Crippen molar-refractivity contribution in [3.8, 4) is 5.75 Å². The average molecular weight is 515 g/mol. The second-order valence-electron chi connectivity index (χ2n) is 8.98. The van der Waals surface area contributed by atoms with Crippen LogP contribution in [0.1, 0.15) is 35.2 Å². The summed E-state index contributed by atoms with van der Waals surface area (Å²) in [5.74, 6) is -0.668. The highest BCUT2D eigenvalue weighted by Crippen LogP contribution is 2.33. The lowest BCUT2D eigenvalue weighted by Gasteiger charge is -2.36. The number of ether oxygens (including phenoxy) is 1. The summed E-state index contributed by atoms with van der Waals surface area (Å²) in [7, 11) is -3.55. The van der Waals surface area contributed by atoms with Gasteiger partial charge in [-0.05, 0) is 55.2 Å². The topological polar surface area (TPSA) is 66.9 Å². The normalized spacial score (nSPS) is 17.3. The van der Waals surface area contributed by atoms with Crippen LogP contribution in [0.5, 0.6) is 5.75 Å². The van der Waals surface area contributed by atoms with Crippen LogP contribution in [0.25, 0.3) is 0 Å². The molecule has 0 radical (unpaired) electrons. The molecule has 6 nitrogen and oxygen atoms in total. The van der Waals surface area contributed by atoms with E-state index in [9.17, 15) is 30.8 Å². The molecule has 35 heavy (non-hydrogen) atoms. The van der Waals surface area contributed by atoms with E-state index in [1.807, 2.05) is 0 Å². The second-order valence-corrected chi connectivity index (χ2v) is 11.0. The van der Waals surface area contributed by atoms with Gasteiger partial charge in [0.25, 0.3) is 5.91 Å². The van der Waals surface area contributed by atoms with Gasteiger partial charge >= 0.3 is 6.18 Å². The van der Waals surface area contributed by atoms with Gasteiger partial charge < -0.3 is 14.5 Å². The van der Waals surface area contributed by atoms with Crippen molar-refractivity contribution in [2.45, 2.75) is 30.3 Å². The maximum atomic E-state index is 14.4. The Kier molecular flexibility index (Phi) is 6.99. The van der Waals surface area contributed by atoms with Gasteiger partial charge in [-0.1, -0.05) is 6.42 Å². The molecule has 190 valence electrons. The first-order valence-corrected chi connectivity index (χ1v) is 13.2. The number of carbonyl (C=O) groups is 1. The molecule has 1 saturated heterocycles. The molecule has 0 N–H and O–H groups in total. The van der Waals surface area contributed by atoms with E-state index in [1.165, 1.54) is 23.1 Å². The summed E-state index contributed by atoms with van der Waals surface area (Å²) in [5, 5.41) is 0. The molecular weight excluding hydrogens is 488 g/mol. The number of sulfone groups is 1. The van der Waals surface area contributed by atoms with Gasteiger partial charge in [-0.2, -0.15) is 13.2 Å². The highest BCUT2D eigenvalue weighted by molar-refractivity contribution is 7.90. The number of alkyl halides is 3. The summed E-state index contributed by atoms with van der Waals surface area (Å²) in [6.07, 6.45) is -0.344. The van der Waals surface area contributed by atoms with Crippen molar-refractivity contribution in [1.29, 1.82) is 0 Å². The van der Waals surface area contributed by atoms with Gasteiger partial charge in [-0.25, -0.2) is 12.8 Å². The quantitative estimate of drug-likeness (QED) is 0.535. The molecule has 2 fully saturated rings. The molecule has 1 saturated carbocycles. The van der Waals surface area contributed by atoms with Crippen molar-refractivity contribution >= 4 is 21.4 Å². The van der Waals surface area contributed by atoms with Crippen LogP contribution in [0, 0.1) is 11.7 Å². The first-order valence-electron chi connectivity index (χ1n) is 11.3. The van der Waals surface area contributed by atoms with Gasteiger partial charge in [0.2, 0.25) is 0 Å². The van der Waals surface area contributed by atoms with E-state index in [0.29, 0.717) is 24.3 Å². The zero-order valence-electron chi connectivity index (χ0n) is 19.1. The lowest BCUT2D eigenvalue weighted by atomic mass is 9.86. The lowest BCUT2D eigenvalue weighted by molar-refractivity contribution is -0.137. The summed E-state index contributed by atoms with van der Waals surface area (Å²) in [6, 6.07) is 6.62. The van der Waals surface area contributed by atoms with Gasteiger partial charge in [0.05, 0.1) is 28.3 Å². The molecule has 2 aromatic rings. The number of halogens is 4. The number of hydrogen-bond donors (Lipinski definition) is 0. The Morgan fingerprint density at radius 1 is 1.06 bits per heavy atom. The monoisotopic (exact) mass is 514 g/mol. The van der Waals surface area contributed by atoms with Crippen LogP contribution >= 0.6 is 0 Å². The third kappa shape index (κ3) is 5.71. The molecule has 1 heterocycles. The van der Waals surface area contributed by atoms with E-state index < -0.39 is 33.3 Å². The molecule has 1 aliphatic carbocycles. The Hall–Kier alpha value is -2.82. The van der Waals surface area contributed by atoms with Gasteiger partial charge in [0.1, 0.15) is 11.6 Å². The summed E-state index contributed by atoms with van der Waals surface area (Å²) < 4.78 is 82.9. The number of hydrogen-bond acceptors (Lipinski definition) is 5. The van der Waals surface area contributed by atoms with Crippen LogP contribution < -0.4 is 9.64 Å². The second kappa shape index (κ2) is 9.67. The smallest absolute Gasteiger partial charge is 0.416 e. The standard InChI is InChI=1S/C24H26F4N2O4S/c1-35(32,33)18-6-8-22(34-15-16-3-2-4-16)19(14-18)23(31)30-11-9-29(10-12-30)21-7-5-17(13-20(21)25)24(26,27)28/h5-8,13-14,16H,2-4,9-12,15H2,1H3. The van der Waals surface area contributed by atoms with Crippen LogP contribution in [-0.4, -0.2) is 58.3 Å². The lowest BCUT2D eigenvalue weighted by Crippen LogP contribution is -2.49. The van der Waals surface area contributed by atoms with Gasteiger partial charge in [0, 0.05) is 32.4 Å². The molecule has 0 unspecified atom stereocenters. The molecule has 0 bridgehead atoms.